The molecule has 1 N–H and O–H groups in total. The first kappa shape index (κ1) is 19.3. The maximum absolute atomic E-state index is 13.6. The minimum absolute atomic E-state index is 0.0757. The Morgan fingerprint density at radius 3 is 2.50 bits per heavy atom. The zero-order valence-electron chi connectivity index (χ0n) is 16.1. The molecule has 1 aliphatic rings. The molecule has 0 spiro atoms. The molecular weight excluding hydrogens is 417 g/mol. The van der Waals surface area contributed by atoms with Crippen LogP contribution in [0.2, 0.25) is 0 Å². The molecule has 0 fully saturated rings. The second-order valence-electron chi connectivity index (χ2n) is 7.69. The fourth-order valence-electron chi connectivity index (χ4n) is 4.18. The molecule has 0 radical (unpaired) electrons. The fourth-order valence-corrected chi connectivity index (χ4v) is 4.59. The van der Waals surface area contributed by atoms with E-state index in [1.807, 2.05) is 12.1 Å². The van der Waals surface area contributed by atoms with Crippen molar-refractivity contribution in [3.05, 3.63) is 86.4 Å². The van der Waals surface area contributed by atoms with E-state index in [9.17, 15) is 9.50 Å². The summed E-state index contributed by atoms with van der Waals surface area (Å²) in [6.07, 6.45) is 2.56. The van der Waals surface area contributed by atoms with Crippen LogP contribution in [0.3, 0.4) is 0 Å². The van der Waals surface area contributed by atoms with Gasteiger partial charge in [0.25, 0.3) is 0 Å². The van der Waals surface area contributed by atoms with Crippen molar-refractivity contribution in [1.82, 2.24) is 4.98 Å². The number of hydrogen-bond donors (Lipinski definition) is 1. The van der Waals surface area contributed by atoms with Crippen LogP contribution >= 0.6 is 15.9 Å². The van der Waals surface area contributed by atoms with Crippen molar-refractivity contribution < 1.29 is 9.50 Å². The number of rotatable bonds is 3. The Morgan fingerprint density at radius 1 is 1.07 bits per heavy atom. The van der Waals surface area contributed by atoms with E-state index in [2.05, 4.69) is 48.0 Å². The lowest BCUT2D eigenvalue weighted by Crippen LogP contribution is -2.11. The molecule has 0 aliphatic heterocycles. The Balaban J connectivity index is 1.99. The number of fused-ring (bicyclic) bond motifs is 2. The lowest BCUT2D eigenvalue weighted by atomic mass is 9.87. The van der Waals surface area contributed by atoms with E-state index in [-0.39, 0.29) is 18.3 Å². The third kappa shape index (κ3) is 3.51. The monoisotopic (exact) mass is 439 g/mol. The van der Waals surface area contributed by atoms with Crippen molar-refractivity contribution in [2.45, 2.75) is 45.6 Å². The molecule has 1 aromatic heterocycles. The predicted molar refractivity (Wildman–Crippen MR) is 114 cm³/mol. The summed E-state index contributed by atoms with van der Waals surface area (Å²) in [6, 6.07) is 13.0. The van der Waals surface area contributed by atoms with Crippen molar-refractivity contribution in [2.75, 3.05) is 0 Å². The summed E-state index contributed by atoms with van der Waals surface area (Å²) >= 11 is 3.58. The molecule has 144 valence electrons. The highest BCUT2D eigenvalue weighted by molar-refractivity contribution is 9.10. The van der Waals surface area contributed by atoms with Crippen LogP contribution in [0, 0.1) is 5.82 Å². The third-order valence-corrected chi connectivity index (χ3v) is 6.01. The molecule has 0 atom stereocenters. The van der Waals surface area contributed by atoms with Crippen LogP contribution in [-0.4, -0.2) is 10.1 Å². The normalized spacial score (nSPS) is 13.2. The Kier molecular flexibility index (Phi) is 5.35. The van der Waals surface area contributed by atoms with Crippen LogP contribution in [0.1, 0.15) is 53.4 Å². The molecule has 1 heterocycles. The summed E-state index contributed by atoms with van der Waals surface area (Å²) in [5.74, 6) is -0.0554. The van der Waals surface area contributed by atoms with E-state index in [0.29, 0.717) is 0 Å². The van der Waals surface area contributed by atoms with Gasteiger partial charge in [0.1, 0.15) is 5.82 Å². The summed E-state index contributed by atoms with van der Waals surface area (Å²) < 4.78 is 14.7. The number of halogens is 2. The second kappa shape index (κ2) is 7.76. The number of nitrogens with zero attached hydrogens (tertiary/aromatic N) is 1. The molecule has 0 bridgehead atoms. The number of aryl methyl sites for hydroxylation is 2. The Labute approximate surface area is 173 Å². The number of aromatic nitrogens is 1. The molecular formula is C24H23BrFNO. The van der Waals surface area contributed by atoms with Crippen molar-refractivity contribution in [1.29, 1.82) is 0 Å². The lowest BCUT2D eigenvalue weighted by Gasteiger charge is -2.22. The van der Waals surface area contributed by atoms with Crippen LogP contribution in [0.4, 0.5) is 4.39 Å². The number of benzene rings is 2. The Morgan fingerprint density at radius 2 is 1.82 bits per heavy atom. The van der Waals surface area contributed by atoms with Gasteiger partial charge in [-0.15, -0.1) is 0 Å². The van der Waals surface area contributed by atoms with Gasteiger partial charge < -0.3 is 5.11 Å². The topological polar surface area (TPSA) is 33.1 Å². The van der Waals surface area contributed by atoms with Crippen LogP contribution in [0.5, 0.6) is 0 Å². The van der Waals surface area contributed by atoms with E-state index in [1.54, 1.807) is 0 Å². The van der Waals surface area contributed by atoms with Gasteiger partial charge in [-0.3, -0.25) is 4.98 Å². The fraction of sp³-hybridized carbons (Fsp3) is 0.292. The van der Waals surface area contributed by atoms with Crippen molar-refractivity contribution >= 4 is 15.9 Å². The van der Waals surface area contributed by atoms with Gasteiger partial charge in [0.15, 0.2) is 0 Å². The third-order valence-electron chi connectivity index (χ3n) is 5.52. The molecule has 2 aromatic carbocycles. The van der Waals surface area contributed by atoms with Gasteiger partial charge in [-0.05, 0) is 70.8 Å². The van der Waals surface area contributed by atoms with Crippen molar-refractivity contribution in [2.24, 2.45) is 0 Å². The zero-order chi connectivity index (χ0) is 19.8. The second-order valence-corrected chi connectivity index (χ2v) is 8.60. The number of hydrogen-bond acceptors (Lipinski definition) is 2. The standard InChI is InChI=1S/C24H23BrFNO/c1-14(2)24-21(13-28)23(15-4-8-19(26)9-5-15)20-12-17-3-7-18(25)11-16(17)6-10-22(20)27-24/h3-5,7-9,11,14,28H,6,10,12-13H2,1-2H3. The lowest BCUT2D eigenvalue weighted by molar-refractivity contribution is 0.280. The first-order valence-electron chi connectivity index (χ1n) is 9.66. The highest BCUT2D eigenvalue weighted by Gasteiger charge is 2.24. The average Bonchev–Trinajstić information content (AvgIpc) is 2.86. The highest BCUT2D eigenvalue weighted by Crippen LogP contribution is 2.38. The highest BCUT2D eigenvalue weighted by atomic mass is 79.9. The van der Waals surface area contributed by atoms with E-state index in [0.717, 1.165) is 57.4 Å². The first-order chi connectivity index (χ1) is 13.5. The van der Waals surface area contributed by atoms with Crippen LogP contribution in [-0.2, 0) is 25.9 Å². The van der Waals surface area contributed by atoms with Gasteiger partial charge in [0, 0.05) is 27.8 Å². The molecule has 28 heavy (non-hydrogen) atoms. The van der Waals surface area contributed by atoms with Crippen molar-refractivity contribution in [3.8, 4) is 11.1 Å². The summed E-state index contributed by atoms with van der Waals surface area (Å²) in [6.45, 7) is 4.13. The van der Waals surface area contributed by atoms with Crippen LogP contribution in [0.15, 0.2) is 46.9 Å². The molecule has 0 amide bonds. The first-order valence-corrected chi connectivity index (χ1v) is 10.5. The molecule has 2 nitrogen and oxygen atoms in total. The van der Waals surface area contributed by atoms with Gasteiger partial charge in [-0.1, -0.05) is 48.0 Å². The summed E-state index contributed by atoms with van der Waals surface area (Å²) in [4.78, 5) is 5.01. The van der Waals surface area contributed by atoms with Gasteiger partial charge in [0.05, 0.1) is 6.61 Å². The number of aliphatic hydroxyl groups is 1. The molecule has 4 rings (SSSR count). The van der Waals surface area contributed by atoms with Gasteiger partial charge in [-0.25, -0.2) is 4.39 Å². The maximum atomic E-state index is 13.6. The quantitative estimate of drug-likeness (QED) is 0.546. The molecule has 4 heteroatoms. The molecule has 0 saturated carbocycles. The molecule has 0 unspecified atom stereocenters. The summed E-state index contributed by atoms with van der Waals surface area (Å²) in [7, 11) is 0. The zero-order valence-corrected chi connectivity index (χ0v) is 17.7. The van der Waals surface area contributed by atoms with E-state index in [1.165, 1.54) is 23.3 Å². The Hall–Kier alpha value is -2.04. The Bertz CT molecular complexity index is 1030. The largest absolute Gasteiger partial charge is 0.392 e. The summed E-state index contributed by atoms with van der Waals surface area (Å²) in [5.41, 5.74) is 8.61. The van der Waals surface area contributed by atoms with E-state index < -0.39 is 0 Å². The van der Waals surface area contributed by atoms with E-state index >= 15 is 0 Å². The van der Waals surface area contributed by atoms with Gasteiger partial charge in [0.2, 0.25) is 0 Å². The molecule has 1 aliphatic carbocycles. The summed E-state index contributed by atoms with van der Waals surface area (Å²) in [5, 5.41) is 10.2. The molecule has 0 saturated heterocycles. The van der Waals surface area contributed by atoms with Crippen LogP contribution in [0.25, 0.3) is 11.1 Å². The maximum Gasteiger partial charge on any atom is 0.123 e. The van der Waals surface area contributed by atoms with Gasteiger partial charge in [-0.2, -0.15) is 0 Å². The minimum atomic E-state index is -0.256. The smallest absolute Gasteiger partial charge is 0.123 e. The average molecular weight is 440 g/mol. The SMILES string of the molecule is CC(C)c1nc2c(c(-c3ccc(F)cc3)c1CO)Cc1ccc(Br)cc1CC2. The van der Waals surface area contributed by atoms with Gasteiger partial charge >= 0.3 is 0 Å². The van der Waals surface area contributed by atoms with Crippen molar-refractivity contribution in [3.63, 3.8) is 0 Å². The molecule has 3 aromatic rings. The number of aliphatic hydroxyl groups excluding tert-OH is 1. The van der Waals surface area contributed by atoms with Crippen LogP contribution < -0.4 is 0 Å². The van der Waals surface area contributed by atoms with E-state index in [4.69, 9.17) is 4.98 Å². The minimum Gasteiger partial charge on any atom is -0.392 e. The predicted octanol–water partition coefficient (Wildman–Crippen LogP) is 5.96. The number of pyridine rings is 1.